The predicted octanol–water partition coefficient (Wildman–Crippen LogP) is 1.51. The van der Waals surface area contributed by atoms with Gasteiger partial charge in [0.1, 0.15) is 0 Å². The summed E-state index contributed by atoms with van der Waals surface area (Å²) in [6.07, 6.45) is 5.08. The first-order valence-electron chi connectivity index (χ1n) is 5.76. The van der Waals surface area contributed by atoms with E-state index in [4.69, 9.17) is 9.47 Å². The van der Waals surface area contributed by atoms with Crippen molar-refractivity contribution in [3.63, 3.8) is 0 Å². The molecule has 2 fully saturated rings. The zero-order valence-electron chi connectivity index (χ0n) is 9.15. The Hall–Kier alpha value is -0.380. The minimum absolute atomic E-state index is 0.0922. The average Bonchev–Trinajstić information content (AvgIpc) is 2.67. The first kappa shape index (κ1) is 11.1. The quantitative estimate of drug-likeness (QED) is 0.721. The lowest BCUT2D eigenvalue weighted by molar-refractivity contribution is -0.116. The summed E-state index contributed by atoms with van der Waals surface area (Å²) in [4.78, 5) is 0. The third-order valence-corrected chi connectivity index (χ3v) is 3.55. The van der Waals surface area contributed by atoms with Crippen LogP contribution in [-0.4, -0.2) is 36.6 Å². The van der Waals surface area contributed by atoms with Crippen molar-refractivity contribution in [1.29, 1.82) is 0 Å². The van der Waals surface area contributed by atoms with Crippen molar-refractivity contribution >= 4 is 0 Å². The van der Waals surface area contributed by atoms with Crippen LogP contribution in [0.2, 0.25) is 0 Å². The zero-order valence-corrected chi connectivity index (χ0v) is 9.15. The van der Waals surface area contributed by atoms with Gasteiger partial charge in [-0.2, -0.15) is 0 Å². The van der Waals surface area contributed by atoms with Gasteiger partial charge in [0.2, 0.25) is 0 Å². The van der Waals surface area contributed by atoms with E-state index in [-0.39, 0.29) is 11.7 Å². The molecule has 2 heterocycles. The standard InChI is InChI=1S/C12H20O3/c1-2-3-11(13)10-4-6-15-12(8-10)5-7-14-9-12/h2,10-11,13H,1,3-9H2. The SMILES string of the molecule is C=CCC(O)C1CCOC2(CCOC2)C1. The summed E-state index contributed by atoms with van der Waals surface area (Å²) in [5, 5.41) is 9.95. The fourth-order valence-corrected chi connectivity index (χ4v) is 2.62. The second-order valence-electron chi connectivity index (χ2n) is 4.68. The third-order valence-electron chi connectivity index (χ3n) is 3.55. The summed E-state index contributed by atoms with van der Waals surface area (Å²) < 4.78 is 11.2. The lowest BCUT2D eigenvalue weighted by Crippen LogP contribution is -2.43. The number of hydrogen-bond donors (Lipinski definition) is 1. The van der Waals surface area contributed by atoms with Gasteiger partial charge in [-0.25, -0.2) is 0 Å². The number of hydrogen-bond acceptors (Lipinski definition) is 3. The summed E-state index contributed by atoms with van der Waals surface area (Å²) >= 11 is 0. The minimum Gasteiger partial charge on any atom is -0.393 e. The molecule has 1 N–H and O–H groups in total. The Bertz CT molecular complexity index is 221. The maximum absolute atomic E-state index is 9.95. The molecule has 86 valence electrons. The van der Waals surface area contributed by atoms with Crippen molar-refractivity contribution in [2.75, 3.05) is 19.8 Å². The molecule has 3 unspecified atom stereocenters. The molecule has 3 heteroatoms. The molecular formula is C12H20O3. The molecule has 0 aromatic rings. The van der Waals surface area contributed by atoms with Crippen LogP contribution in [0.15, 0.2) is 12.7 Å². The number of ether oxygens (including phenoxy) is 2. The van der Waals surface area contributed by atoms with E-state index in [1.165, 1.54) is 0 Å². The predicted molar refractivity (Wildman–Crippen MR) is 57.7 cm³/mol. The zero-order chi connectivity index (χ0) is 10.7. The Morgan fingerprint density at radius 2 is 2.40 bits per heavy atom. The molecule has 3 atom stereocenters. The van der Waals surface area contributed by atoms with E-state index in [1.807, 2.05) is 0 Å². The summed E-state index contributed by atoms with van der Waals surface area (Å²) in [6.45, 7) is 5.92. The van der Waals surface area contributed by atoms with Crippen LogP contribution in [0.1, 0.15) is 25.7 Å². The van der Waals surface area contributed by atoms with Crippen molar-refractivity contribution in [3.8, 4) is 0 Å². The van der Waals surface area contributed by atoms with E-state index in [0.717, 1.165) is 32.5 Å². The molecule has 0 aromatic heterocycles. The van der Waals surface area contributed by atoms with Crippen molar-refractivity contribution in [1.82, 2.24) is 0 Å². The smallest absolute Gasteiger partial charge is 0.0940 e. The van der Waals surface area contributed by atoms with Gasteiger partial charge in [-0.15, -0.1) is 6.58 Å². The molecule has 3 nitrogen and oxygen atoms in total. The summed E-state index contributed by atoms with van der Waals surface area (Å²) in [5.41, 5.74) is -0.0922. The maximum atomic E-state index is 9.95. The van der Waals surface area contributed by atoms with Gasteiger partial charge >= 0.3 is 0 Å². The van der Waals surface area contributed by atoms with Crippen LogP contribution in [0.25, 0.3) is 0 Å². The Balaban J connectivity index is 1.94. The van der Waals surface area contributed by atoms with Gasteiger partial charge in [0.15, 0.2) is 0 Å². The molecule has 0 aliphatic carbocycles. The second-order valence-corrected chi connectivity index (χ2v) is 4.68. The molecule has 0 saturated carbocycles. The topological polar surface area (TPSA) is 38.7 Å². The summed E-state index contributed by atoms with van der Waals surface area (Å²) in [6, 6.07) is 0. The van der Waals surface area contributed by atoms with Gasteiger partial charge < -0.3 is 14.6 Å². The fraction of sp³-hybridized carbons (Fsp3) is 0.833. The first-order chi connectivity index (χ1) is 7.26. The van der Waals surface area contributed by atoms with Crippen molar-refractivity contribution < 1.29 is 14.6 Å². The van der Waals surface area contributed by atoms with Crippen LogP contribution < -0.4 is 0 Å². The van der Waals surface area contributed by atoms with Crippen molar-refractivity contribution in [3.05, 3.63) is 12.7 Å². The first-order valence-corrected chi connectivity index (χ1v) is 5.76. The van der Waals surface area contributed by atoms with E-state index in [1.54, 1.807) is 6.08 Å². The van der Waals surface area contributed by atoms with E-state index >= 15 is 0 Å². The van der Waals surface area contributed by atoms with E-state index in [2.05, 4.69) is 6.58 Å². The number of aliphatic hydroxyl groups is 1. The molecule has 2 saturated heterocycles. The van der Waals surface area contributed by atoms with E-state index < -0.39 is 0 Å². The number of aliphatic hydroxyl groups excluding tert-OH is 1. The molecule has 0 radical (unpaired) electrons. The van der Waals surface area contributed by atoms with Crippen LogP contribution in [0.4, 0.5) is 0 Å². The second kappa shape index (κ2) is 4.64. The largest absolute Gasteiger partial charge is 0.393 e. The number of rotatable bonds is 3. The molecular weight excluding hydrogens is 192 g/mol. The maximum Gasteiger partial charge on any atom is 0.0940 e. The fourth-order valence-electron chi connectivity index (χ4n) is 2.62. The van der Waals surface area contributed by atoms with Crippen LogP contribution in [0, 0.1) is 5.92 Å². The molecule has 0 aromatic carbocycles. The summed E-state index contributed by atoms with van der Waals surface area (Å²) in [7, 11) is 0. The highest BCUT2D eigenvalue weighted by Gasteiger charge is 2.42. The van der Waals surface area contributed by atoms with Gasteiger partial charge in [-0.05, 0) is 25.2 Å². The van der Waals surface area contributed by atoms with Gasteiger partial charge in [-0.3, -0.25) is 0 Å². The average molecular weight is 212 g/mol. The third kappa shape index (κ3) is 2.41. The highest BCUT2D eigenvalue weighted by atomic mass is 16.6. The molecule has 0 amide bonds. The lowest BCUT2D eigenvalue weighted by atomic mass is 9.81. The van der Waals surface area contributed by atoms with Gasteiger partial charge in [0, 0.05) is 19.6 Å². The lowest BCUT2D eigenvalue weighted by Gasteiger charge is -2.38. The molecule has 0 bridgehead atoms. The molecule has 2 aliphatic heterocycles. The van der Waals surface area contributed by atoms with E-state index in [9.17, 15) is 5.11 Å². The Labute approximate surface area is 91.1 Å². The highest BCUT2D eigenvalue weighted by molar-refractivity contribution is 4.93. The summed E-state index contributed by atoms with van der Waals surface area (Å²) in [5.74, 6) is 0.346. The monoisotopic (exact) mass is 212 g/mol. The van der Waals surface area contributed by atoms with Crippen LogP contribution in [0.5, 0.6) is 0 Å². The molecule has 15 heavy (non-hydrogen) atoms. The Kier molecular flexibility index (Phi) is 3.44. The van der Waals surface area contributed by atoms with Crippen molar-refractivity contribution in [2.24, 2.45) is 5.92 Å². The van der Waals surface area contributed by atoms with Crippen LogP contribution in [-0.2, 0) is 9.47 Å². The minimum atomic E-state index is -0.260. The van der Waals surface area contributed by atoms with Gasteiger partial charge in [-0.1, -0.05) is 6.08 Å². The van der Waals surface area contributed by atoms with Crippen LogP contribution in [0.3, 0.4) is 0 Å². The highest BCUT2D eigenvalue weighted by Crippen LogP contribution is 2.37. The van der Waals surface area contributed by atoms with Crippen LogP contribution >= 0.6 is 0 Å². The van der Waals surface area contributed by atoms with Crippen molar-refractivity contribution in [2.45, 2.75) is 37.4 Å². The van der Waals surface area contributed by atoms with Gasteiger partial charge in [0.25, 0.3) is 0 Å². The molecule has 2 aliphatic rings. The van der Waals surface area contributed by atoms with E-state index in [0.29, 0.717) is 18.9 Å². The Morgan fingerprint density at radius 1 is 1.53 bits per heavy atom. The molecule has 1 spiro atoms. The van der Waals surface area contributed by atoms with Gasteiger partial charge in [0.05, 0.1) is 18.3 Å². The normalized spacial score (nSPS) is 38.1. The molecule has 2 rings (SSSR count). The Morgan fingerprint density at radius 3 is 3.07 bits per heavy atom.